The van der Waals surface area contributed by atoms with E-state index in [1.165, 1.54) is 11.0 Å². The number of benzene rings is 2. The Hall–Kier alpha value is -3.99. The van der Waals surface area contributed by atoms with Crippen molar-refractivity contribution in [3.05, 3.63) is 75.8 Å². The van der Waals surface area contributed by atoms with E-state index >= 15 is 0 Å². The Morgan fingerprint density at radius 1 is 1.12 bits per heavy atom. The molecule has 3 aliphatic carbocycles. The number of carbonyl (C=O) groups is 3. The standard InChI is InChI=1S/C33H39N3O7/c1-6-36(16(2)3)15-17-8-7-9-18(12-17)20-10-11-23(37)25-21(20)13-19-14-22-27(35(4)5)29(39)26(32(34)42)31(41)33(22,43)30(40)24(19)28(25)38/h7-12,16,19,22,27,37,39-40,43H,6,13-15H2,1-5H3,(H2,34,42)/t19-,22-,27-,33-/m0/s1. The summed E-state index contributed by atoms with van der Waals surface area (Å²) in [6.45, 7) is 8.04. The lowest BCUT2D eigenvalue weighted by Gasteiger charge is -2.50. The second kappa shape index (κ2) is 10.9. The second-order valence-electron chi connectivity index (χ2n) is 12.3. The normalized spacial score (nSPS) is 25.4. The molecule has 0 unspecified atom stereocenters. The molecule has 10 nitrogen and oxygen atoms in total. The molecule has 4 atom stereocenters. The minimum absolute atomic E-state index is 0.000972. The van der Waals surface area contributed by atoms with Gasteiger partial charge in [0.05, 0.1) is 11.6 Å². The van der Waals surface area contributed by atoms with Gasteiger partial charge in [-0.1, -0.05) is 31.2 Å². The number of likely N-dealkylation sites (N-methyl/N-ethyl adjacent to an activating group) is 1. The van der Waals surface area contributed by atoms with Gasteiger partial charge in [-0.25, -0.2) is 0 Å². The number of allylic oxidation sites excluding steroid dienone is 1. The summed E-state index contributed by atoms with van der Waals surface area (Å²) in [6, 6.07) is 10.6. The first-order valence-electron chi connectivity index (χ1n) is 14.6. The number of primary amides is 1. The molecule has 0 saturated carbocycles. The smallest absolute Gasteiger partial charge is 0.255 e. The molecule has 0 heterocycles. The van der Waals surface area contributed by atoms with Crippen molar-refractivity contribution >= 4 is 17.5 Å². The van der Waals surface area contributed by atoms with Crippen LogP contribution in [0.5, 0.6) is 5.75 Å². The van der Waals surface area contributed by atoms with Crippen molar-refractivity contribution in [2.24, 2.45) is 17.6 Å². The molecule has 0 fully saturated rings. The van der Waals surface area contributed by atoms with Gasteiger partial charge in [0.15, 0.2) is 11.4 Å². The van der Waals surface area contributed by atoms with Crippen LogP contribution in [0.15, 0.2) is 59.1 Å². The number of ketones is 2. The van der Waals surface area contributed by atoms with Crippen LogP contribution in [0, 0.1) is 11.8 Å². The van der Waals surface area contributed by atoms with Crippen molar-refractivity contribution in [3.8, 4) is 16.9 Å². The fourth-order valence-corrected chi connectivity index (χ4v) is 7.25. The molecule has 0 spiro atoms. The lowest BCUT2D eigenvalue weighted by Crippen LogP contribution is -2.63. The summed E-state index contributed by atoms with van der Waals surface area (Å²) in [5.41, 5.74) is 5.09. The molecule has 0 bridgehead atoms. The van der Waals surface area contributed by atoms with Crippen LogP contribution >= 0.6 is 0 Å². The van der Waals surface area contributed by atoms with Crippen LogP contribution in [0.25, 0.3) is 11.1 Å². The molecule has 0 aromatic heterocycles. The van der Waals surface area contributed by atoms with E-state index in [0.717, 1.165) is 29.8 Å². The maximum Gasteiger partial charge on any atom is 0.255 e. The summed E-state index contributed by atoms with van der Waals surface area (Å²) < 4.78 is 0. The van der Waals surface area contributed by atoms with Gasteiger partial charge in [-0.2, -0.15) is 0 Å². The van der Waals surface area contributed by atoms with E-state index in [0.29, 0.717) is 11.6 Å². The third-order valence-electron chi connectivity index (χ3n) is 9.37. The first kappa shape index (κ1) is 30.5. The number of carbonyl (C=O) groups excluding carboxylic acids is 3. The number of phenolic OH excluding ortho intramolecular Hbond substituents is 1. The molecule has 5 rings (SSSR count). The van der Waals surface area contributed by atoms with Crippen molar-refractivity contribution in [1.82, 2.24) is 9.80 Å². The van der Waals surface area contributed by atoms with Crippen molar-refractivity contribution in [2.45, 2.75) is 57.8 Å². The number of phenols is 1. The van der Waals surface area contributed by atoms with Gasteiger partial charge in [0.25, 0.3) is 5.91 Å². The number of aromatic hydroxyl groups is 1. The van der Waals surface area contributed by atoms with Gasteiger partial charge in [0, 0.05) is 24.1 Å². The number of nitrogens with two attached hydrogens (primary N) is 1. The van der Waals surface area contributed by atoms with Crippen LogP contribution in [0.3, 0.4) is 0 Å². The average molecular weight is 590 g/mol. The number of hydrogen-bond acceptors (Lipinski definition) is 9. The Balaban J connectivity index is 1.64. The minimum Gasteiger partial charge on any atom is -0.510 e. The maximum atomic E-state index is 14.0. The Bertz CT molecular complexity index is 1590. The molecule has 2 aromatic rings. The van der Waals surface area contributed by atoms with Gasteiger partial charge in [-0.05, 0) is 87.6 Å². The summed E-state index contributed by atoms with van der Waals surface area (Å²) in [6.07, 6.45) is 0.274. The van der Waals surface area contributed by atoms with Crippen LogP contribution in [0.2, 0.25) is 0 Å². The number of amides is 1. The van der Waals surface area contributed by atoms with Crippen LogP contribution in [-0.2, 0) is 22.6 Å². The number of nitrogens with zero attached hydrogens (tertiary/aromatic N) is 2. The topological polar surface area (TPSA) is 165 Å². The van der Waals surface area contributed by atoms with E-state index in [4.69, 9.17) is 5.73 Å². The summed E-state index contributed by atoms with van der Waals surface area (Å²) in [4.78, 5) is 43.6. The summed E-state index contributed by atoms with van der Waals surface area (Å²) in [7, 11) is 3.21. The van der Waals surface area contributed by atoms with Crippen molar-refractivity contribution in [3.63, 3.8) is 0 Å². The molecule has 0 radical (unpaired) electrons. The SMILES string of the molecule is CCN(Cc1cccc(-c2ccc(O)c3c2C[C@H]2C[C@H]4[C@H](N(C)C)C(O)=C(C(N)=O)C(=O)[C@@]4(O)C(O)=C2C3=O)c1)C(C)C. The molecule has 228 valence electrons. The molecule has 6 N–H and O–H groups in total. The number of aliphatic hydroxyl groups excluding tert-OH is 2. The van der Waals surface area contributed by atoms with E-state index in [-0.39, 0.29) is 29.7 Å². The molecule has 2 aromatic carbocycles. The summed E-state index contributed by atoms with van der Waals surface area (Å²) >= 11 is 0. The van der Waals surface area contributed by atoms with Crippen LogP contribution in [0.4, 0.5) is 0 Å². The third-order valence-corrected chi connectivity index (χ3v) is 9.37. The van der Waals surface area contributed by atoms with E-state index in [2.05, 4.69) is 37.8 Å². The Morgan fingerprint density at radius 2 is 1.81 bits per heavy atom. The zero-order valence-electron chi connectivity index (χ0n) is 25.1. The number of hydrogen-bond donors (Lipinski definition) is 5. The van der Waals surface area contributed by atoms with Gasteiger partial charge in [0.1, 0.15) is 22.8 Å². The first-order chi connectivity index (χ1) is 20.2. The second-order valence-corrected chi connectivity index (χ2v) is 12.3. The first-order valence-corrected chi connectivity index (χ1v) is 14.6. The van der Waals surface area contributed by atoms with Crippen LogP contribution in [-0.4, -0.2) is 86.0 Å². The summed E-state index contributed by atoms with van der Waals surface area (Å²) in [5.74, 6) is -6.63. The zero-order chi connectivity index (χ0) is 31.5. The fraction of sp³-hybridized carbons (Fsp3) is 0.424. The quantitative estimate of drug-likeness (QED) is 0.305. The zero-order valence-corrected chi connectivity index (χ0v) is 25.1. The Morgan fingerprint density at radius 3 is 2.42 bits per heavy atom. The van der Waals surface area contributed by atoms with Gasteiger partial charge in [-0.3, -0.25) is 24.2 Å². The van der Waals surface area contributed by atoms with Crippen LogP contribution < -0.4 is 5.73 Å². The van der Waals surface area contributed by atoms with E-state index < -0.39 is 58.0 Å². The lowest BCUT2D eigenvalue weighted by molar-refractivity contribution is -0.148. The predicted octanol–water partition coefficient (Wildman–Crippen LogP) is 3.02. The highest BCUT2D eigenvalue weighted by Crippen LogP contribution is 2.53. The highest BCUT2D eigenvalue weighted by molar-refractivity contribution is 6.24. The van der Waals surface area contributed by atoms with Crippen molar-refractivity contribution in [1.29, 1.82) is 0 Å². The highest BCUT2D eigenvalue weighted by atomic mass is 16.3. The molecule has 1 amide bonds. The van der Waals surface area contributed by atoms with Crippen molar-refractivity contribution < 1.29 is 34.8 Å². The van der Waals surface area contributed by atoms with Crippen molar-refractivity contribution in [2.75, 3.05) is 20.6 Å². The van der Waals surface area contributed by atoms with Gasteiger partial charge >= 0.3 is 0 Å². The molecule has 0 aliphatic heterocycles. The predicted molar refractivity (Wildman–Crippen MR) is 160 cm³/mol. The monoisotopic (exact) mass is 589 g/mol. The summed E-state index contributed by atoms with van der Waals surface area (Å²) in [5, 5.41) is 45.1. The third kappa shape index (κ3) is 4.64. The Kier molecular flexibility index (Phi) is 7.75. The number of Topliss-reactive ketones (excluding diaryl/α,β-unsaturated/α-hetero) is 2. The number of aliphatic hydroxyl groups is 3. The molecule has 0 saturated heterocycles. The van der Waals surface area contributed by atoms with E-state index in [1.807, 2.05) is 12.1 Å². The Labute approximate surface area is 250 Å². The average Bonchev–Trinajstić information content (AvgIpc) is 2.93. The fourth-order valence-electron chi connectivity index (χ4n) is 7.25. The molecule has 43 heavy (non-hydrogen) atoms. The number of fused-ring (bicyclic) bond motifs is 3. The molecular formula is C33H39N3O7. The van der Waals surface area contributed by atoms with Gasteiger partial charge in [-0.15, -0.1) is 0 Å². The van der Waals surface area contributed by atoms with Gasteiger partial charge in [0.2, 0.25) is 5.78 Å². The molecule has 3 aliphatic rings. The largest absolute Gasteiger partial charge is 0.510 e. The lowest BCUT2D eigenvalue weighted by atomic mass is 9.58. The molecule has 10 heteroatoms. The minimum atomic E-state index is -2.66. The van der Waals surface area contributed by atoms with Gasteiger partial charge < -0.3 is 26.2 Å². The molecular weight excluding hydrogens is 550 g/mol. The maximum absolute atomic E-state index is 14.0. The number of rotatable bonds is 7. The van der Waals surface area contributed by atoms with E-state index in [9.17, 15) is 34.8 Å². The highest BCUT2D eigenvalue weighted by Gasteiger charge is 2.63. The van der Waals surface area contributed by atoms with Crippen LogP contribution in [0.1, 0.15) is 48.7 Å². The van der Waals surface area contributed by atoms with E-state index in [1.54, 1.807) is 20.2 Å².